The maximum absolute atomic E-state index is 11.2. The molecule has 5 nitrogen and oxygen atoms in total. The Labute approximate surface area is 107 Å². The van der Waals surface area contributed by atoms with E-state index in [-0.39, 0.29) is 16.6 Å². The summed E-state index contributed by atoms with van der Waals surface area (Å²) in [4.78, 5) is 11.2. The predicted octanol–water partition coefficient (Wildman–Crippen LogP) is 0.968. The van der Waals surface area contributed by atoms with Gasteiger partial charge in [-0.15, -0.1) is 0 Å². The van der Waals surface area contributed by atoms with Crippen LogP contribution in [0.4, 0.5) is 0 Å². The first-order chi connectivity index (χ1) is 8.01. The number of ether oxygens (including phenoxy) is 1. The number of hydrogen-bond acceptors (Lipinski definition) is 5. The Balaban J connectivity index is 3.00. The molecule has 1 aromatic rings. The molecule has 1 aromatic carbocycles. The summed E-state index contributed by atoms with van der Waals surface area (Å²) in [5, 5.41) is 28.9. The first-order valence-corrected chi connectivity index (χ1v) is 5.96. The molecule has 0 radical (unpaired) electrons. The molecule has 2 unspecified atom stereocenters. The quantitative estimate of drug-likeness (QED) is 0.570. The number of esters is 1. The Hall–Kier alpha value is -1.11. The van der Waals surface area contributed by atoms with Gasteiger partial charge in [0.15, 0.2) is 0 Å². The number of benzene rings is 1. The van der Waals surface area contributed by atoms with Gasteiger partial charge in [0.05, 0.1) is 13.2 Å². The van der Waals surface area contributed by atoms with Gasteiger partial charge >= 0.3 is 5.97 Å². The third-order valence-corrected chi connectivity index (χ3v) is 2.95. The van der Waals surface area contributed by atoms with Crippen molar-refractivity contribution in [2.24, 2.45) is 0 Å². The number of phenols is 1. The highest BCUT2D eigenvalue weighted by Crippen LogP contribution is 2.25. The number of aromatic hydroxyl groups is 1. The van der Waals surface area contributed by atoms with Crippen molar-refractivity contribution < 1.29 is 24.9 Å². The van der Waals surface area contributed by atoms with Gasteiger partial charge in [0.25, 0.3) is 0 Å². The van der Waals surface area contributed by atoms with E-state index in [0.717, 1.165) is 0 Å². The number of methoxy groups -OCH3 is 1. The molecular weight excluding hydrogens is 292 g/mol. The molecular formula is C11H13BrO5. The highest BCUT2D eigenvalue weighted by Gasteiger charge is 2.19. The zero-order valence-corrected chi connectivity index (χ0v) is 10.7. The van der Waals surface area contributed by atoms with Crippen molar-refractivity contribution in [3.05, 3.63) is 29.3 Å². The van der Waals surface area contributed by atoms with E-state index in [9.17, 15) is 20.1 Å². The Kier molecular flexibility index (Phi) is 4.92. The summed E-state index contributed by atoms with van der Waals surface area (Å²) in [6, 6.07) is 4.01. The first kappa shape index (κ1) is 14.0. The molecule has 0 aromatic heterocycles. The van der Waals surface area contributed by atoms with E-state index in [2.05, 4.69) is 20.7 Å². The van der Waals surface area contributed by atoms with Crippen LogP contribution in [-0.4, -0.2) is 39.8 Å². The van der Waals surface area contributed by atoms with E-state index in [1.807, 2.05) is 0 Å². The van der Waals surface area contributed by atoms with Gasteiger partial charge in [-0.25, -0.2) is 4.79 Å². The van der Waals surface area contributed by atoms with E-state index in [4.69, 9.17) is 0 Å². The van der Waals surface area contributed by atoms with Crippen LogP contribution in [0.25, 0.3) is 0 Å². The van der Waals surface area contributed by atoms with Gasteiger partial charge in [0.1, 0.15) is 17.4 Å². The maximum atomic E-state index is 11.2. The second-order valence-corrected chi connectivity index (χ2v) is 4.08. The van der Waals surface area contributed by atoms with Gasteiger partial charge in [-0.05, 0) is 17.7 Å². The van der Waals surface area contributed by atoms with E-state index in [1.54, 1.807) is 0 Å². The van der Waals surface area contributed by atoms with Crippen molar-refractivity contribution in [3.8, 4) is 5.75 Å². The zero-order valence-electron chi connectivity index (χ0n) is 9.13. The van der Waals surface area contributed by atoms with Gasteiger partial charge in [-0.2, -0.15) is 0 Å². The molecule has 0 amide bonds. The van der Waals surface area contributed by atoms with E-state index < -0.39 is 18.2 Å². The molecule has 2 atom stereocenters. The predicted molar refractivity (Wildman–Crippen MR) is 64.2 cm³/mol. The van der Waals surface area contributed by atoms with Gasteiger partial charge in [0, 0.05) is 5.33 Å². The van der Waals surface area contributed by atoms with Crippen LogP contribution in [-0.2, 0) is 4.74 Å². The summed E-state index contributed by atoms with van der Waals surface area (Å²) in [6.45, 7) is 0. The van der Waals surface area contributed by atoms with Gasteiger partial charge < -0.3 is 20.1 Å². The third-order valence-electron chi connectivity index (χ3n) is 2.29. The summed E-state index contributed by atoms with van der Waals surface area (Å²) in [5.74, 6) is -0.959. The van der Waals surface area contributed by atoms with Gasteiger partial charge in [0.2, 0.25) is 0 Å². The molecule has 0 spiro atoms. The summed E-state index contributed by atoms with van der Waals surface area (Å²) in [6.07, 6.45) is -2.12. The molecule has 94 valence electrons. The first-order valence-electron chi connectivity index (χ1n) is 4.84. The Morgan fingerprint density at radius 2 is 2.12 bits per heavy atom. The molecule has 0 aliphatic rings. The number of halogens is 1. The van der Waals surface area contributed by atoms with Crippen molar-refractivity contribution in [1.82, 2.24) is 0 Å². The lowest BCUT2D eigenvalue weighted by Crippen LogP contribution is -2.19. The Bertz CT molecular complexity index is 407. The fourth-order valence-corrected chi connectivity index (χ4v) is 1.68. The number of phenolic OH excluding ortho intramolecular Hbond substituents is 1. The number of rotatable bonds is 4. The molecule has 0 aliphatic carbocycles. The molecule has 0 bridgehead atoms. The molecule has 0 fully saturated rings. The summed E-state index contributed by atoms with van der Waals surface area (Å²) >= 11 is 3.03. The minimum atomic E-state index is -1.13. The van der Waals surface area contributed by atoms with Crippen LogP contribution in [0.3, 0.4) is 0 Å². The number of aliphatic hydroxyl groups is 2. The summed E-state index contributed by atoms with van der Waals surface area (Å²) in [7, 11) is 1.21. The number of alkyl halides is 1. The topological polar surface area (TPSA) is 87.0 Å². The zero-order chi connectivity index (χ0) is 13.0. The molecule has 6 heteroatoms. The second kappa shape index (κ2) is 6.00. The van der Waals surface area contributed by atoms with Gasteiger partial charge in [-0.3, -0.25) is 0 Å². The Morgan fingerprint density at radius 1 is 1.47 bits per heavy atom. The fraction of sp³-hybridized carbons (Fsp3) is 0.364. The molecule has 1 rings (SSSR count). The molecule has 0 saturated carbocycles. The fourth-order valence-electron chi connectivity index (χ4n) is 1.32. The highest BCUT2D eigenvalue weighted by molar-refractivity contribution is 9.09. The van der Waals surface area contributed by atoms with Crippen LogP contribution < -0.4 is 0 Å². The number of carbonyl (C=O) groups excluding carboxylic acids is 1. The van der Waals surface area contributed by atoms with E-state index in [0.29, 0.717) is 5.56 Å². The lowest BCUT2D eigenvalue weighted by molar-refractivity contribution is 0.0341. The lowest BCUT2D eigenvalue weighted by atomic mass is 10.0. The van der Waals surface area contributed by atoms with Crippen LogP contribution in [0.15, 0.2) is 18.2 Å². The van der Waals surface area contributed by atoms with Crippen LogP contribution in [0, 0.1) is 0 Å². The largest absolute Gasteiger partial charge is 0.507 e. The summed E-state index contributed by atoms with van der Waals surface area (Å²) < 4.78 is 4.47. The standard InChI is InChI=1S/C11H13BrO5/c1-17-11(16)7-3-2-6(4-8(7)13)10(15)9(14)5-12/h2-4,9-10,13-15H,5H2,1H3. The average Bonchev–Trinajstić information content (AvgIpc) is 2.35. The third kappa shape index (κ3) is 3.18. The average molecular weight is 305 g/mol. The van der Waals surface area contributed by atoms with E-state index >= 15 is 0 Å². The second-order valence-electron chi connectivity index (χ2n) is 3.43. The lowest BCUT2D eigenvalue weighted by Gasteiger charge is -2.16. The minimum Gasteiger partial charge on any atom is -0.507 e. The smallest absolute Gasteiger partial charge is 0.341 e. The van der Waals surface area contributed by atoms with Gasteiger partial charge in [-0.1, -0.05) is 22.0 Å². The van der Waals surface area contributed by atoms with E-state index in [1.165, 1.54) is 25.3 Å². The van der Waals surface area contributed by atoms with Crippen LogP contribution >= 0.6 is 15.9 Å². The molecule has 17 heavy (non-hydrogen) atoms. The highest BCUT2D eigenvalue weighted by atomic mass is 79.9. The molecule has 0 saturated heterocycles. The number of hydrogen-bond donors (Lipinski definition) is 3. The van der Waals surface area contributed by atoms with Crippen LogP contribution in [0.2, 0.25) is 0 Å². The SMILES string of the molecule is COC(=O)c1ccc(C(O)C(O)CBr)cc1O. The Morgan fingerprint density at radius 3 is 2.59 bits per heavy atom. The minimum absolute atomic E-state index is 0.0109. The normalized spacial score (nSPS) is 14.1. The van der Waals surface area contributed by atoms with Crippen molar-refractivity contribution in [1.29, 1.82) is 0 Å². The van der Waals surface area contributed by atoms with Crippen molar-refractivity contribution >= 4 is 21.9 Å². The molecule has 0 heterocycles. The van der Waals surface area contributed by atoms with Crippen molar-refractivity contribution in [3.63, 3.8) is 0 Å². The summed E-state index contributed by atoms with van der Waals surface area (Å²) in [5.41, 5.74) is 0.332. The number of aliphatic hydroxyl groups excluding tert-OH is 2. The van der Waals surface area contributed by atoms with Crippen molar-refractivity contribution in [2.75, 3.05) is 12.4 Å². The monoisotopic (exact) mass is 304 g/mol. The van der Waals surface area contributed by atoms with Crippen LogP contribution in [0.1, 0.15) is 22.0 Å². The van der Waals surface area contributed by atoms with Crippen LogP contribution in [0.5, 0.6) is 5.75 Å². The molecule has 0 aliphatic heterocycles. The van der Waals surface area contributed by atoms with Crippen molar-refractivity contribution in [2.45, 2.75) is 12.2 Å². The maximum Gasteiger partial charge on any atom is 0.341 e. The molecule has 3 N–H and O–H groups in total. The number of carbonyl (C=O) groups is 1.